The zero-order valence-electron chi connectivity index (χ0n) is 12.0. The first-order chi connectivity index (χ1) is 10.6. The largest absolute Gasteiger partial charge is 0.378 e. The highest BCUT2D eigenvalue weighted by Crippen LogP contribution is 2.18. The number of hydrogen-bond donors (Lipinski definition) is 3. The average Bonchev–Trinajstić information content (AvgIpc) is 2.94. The van der Waals surface area contributed by atoms with Gasteiger partial charge in [0, 0.05) is 16.7 Å². The Morgan fingerprint density at radius 3 is 2.73 bits per heavy atom. The average molecular weight is 385 g/mol. The van der Waals surface area contributed by atoms with Crippen molar-refractivity contribution in [3.05, 3.63) is 34.6 Å². The van der Waals surface area contributed by atoms with Crippen LogP contribution in [0.25, 0.3) is 0 Å². The maximum Gasteiger partial charge on any atom is 0.244 e. The Morgan fingerprint density at radius 1 is 1.36 bits per heavy atom. The predicted octanol–water partition coefficient (Wildman–Crippen LogP) is 1.75. The molecule has 0 aliphatic heterocycles. The minimum Gasteiger partial charge on any atom is -0.378 e. The Hall–Kier alpha value is -1.58. The van der Waals surface area contributed by atoms with Gasteiger partial charge in [-0.1, -0.05) is 27.7 Å². The minimum atomic E-state index is -0.245. The van der Waals surface area contributed by atoms with E-state index < -0.39 is 0 Å². The van der Waals surface area contributed by atoms with Gasteiger partial charge in [-0.05, 0) is 31.2 Å². The summed E-state index contributed by atoms with van der Waals surface area (Å²) < 4.78 is 3.01. The van der Waals surface area contributed by atoms with Crippen molar-refractivity contribution in [1.82, 2.24) is 20.2 Å². The number of hydrazine groups is 1. The number of aromatic nitrogens is 3. The molecule has 1 amide bonds. The van der Waals surface area contributed by atoms with Crippen molar-refractivity contribution in [2.45, 2.75) is 25.2 Å². The Labute approximate surface area is 141 Å². The van der Waals surface area contributed by atoms with Crippen LogP contribution < -0.4 is 16.6 Å². The van der Waals surface area contributed by atoms with Crippen LogP contribution in [0.4, 0.5) is 5.69 Å². The van der Waals surface area contributed by atoms with Gasteiger partial charge in [0.2, 0.25) is 5.91 Å². The summed E-state index contributed by atoms with van der Waals surface area (Å²) in [5.74, 6) is 5.86. The molecule has 2 aromatic rings. The molecule has 0 bridgehead atoms. The number of thioether (sulfide) groups is 1. The van der Waals surface area contributed by atoms with E-state index in [1.54, 1.807) is 0 Å². The Morgan fingerprint density at radius 2 is 2.09 bits per heavy atom. The molecule has 0 spiro atoms. The molecule has 1 aromatic carbocycles. The number of amides is 1. The molecule has 0 fully saturated rings. The first-order valence-corrected chi connectivity index (χ1v) is 8.45. The van der Waals surface area contributed by atoms with Crippen LogP contribution in [0.15, 0.2) is 33.9 Å². The summed E-state index contributed by atoms with van der Waals surface area (Å²) in [6.45, 7) is 3.31. The quantitative estimate of drug-likeness (QED) is 0.291. The fourth-order valence-corrected chi connectivity index (χ4v) is 2.89. The Balaban J connectivity index is 2.00. The van der Waals surface area contributed by atoms with Crippen molar-refractivity contribution in [2.75, 3.05) is 11.1 Å². The first kappa shape index (κ1) is 16.8. The van der Waals surface area contributed by atoms with Gasteiger partial charge in [-0.15, -0.1) is 10.2 Å². The third-order valence-electron chi connectivity index (χ3n) is 2.90. The highest BCUT2D eigenvalue weighted by atomic mass is 79.9. The lowest BCUT2D eigenvalue weighted by atomic mass is 10.3. The van der Waals surface area contributed by atoms with E-state index in [-0.39, 0.29) is 11.7 Å². The third-order valence-corrected chi connectivity index (χ3v) is 4.39. The van der Waals surface area contributed by atoms with Crippen LogP contribution in [0.1, 0.15) is 12.7 Å². The number of nitrogens with one attached hydrogen (secondary N) is 2. The molecule has 0 atom stereocenters. The number of anilines is 1. The number of hydrogen-bond acceptors (Lipinski definition) is 6. The Bertz CT molecular complexity index is 630. The highest BCUT2D eigenvalue weighted by molar-refractivity contribution is 9.10. The second-order valence-electron chi connectivity index (χ2n) is 4.36. The molecule has 118 valence electrons. The molecular formula is C13H17BrN6OS. The molecule has 7 nitrogen and oxygen atoms in total. The van der Waals surface area contributed by atoms with Crippen LogP contribution in [0.2, 0.25) is 0 Å². The topological polar surface area (TPSA) is 97.9 Å². The van der Waals surface area contributed by atoms with Crippen molar-refractivity contribution in [2.24, 2.45) is 5.84 Å². The van der Waals surface area contributed by atoms with Crippen LogP contribution in [0, 0.1) is 0 Å². The summed E-state index contributed by atoms with van der Waals surface area (Å²) in [6, 6.07) is 7.91. The maximum atomic E-state index is 11.2. The van der Waals surface area contributed by atoms with Crippen molar-refractivity contribution in [3.63, 3.8) is 0 Å². The van der Waals surface area contributed by atoms with E-state index in [1.165, 1.54) is 11.8 Å². The van der Waals surface area contributed by atoms with E-state index in [4.69, 9.17) is 5.84 Å². The lowest BCUT2D eigenvalue weighted by molar-refractivity contribution is -0.118. The molecule has 9 heteroatoms. The van der Waals surface area contributed by atoms with Gasteiger partial charge in [0.05, 0.1) is 12.3 Å². The van der Waals surface area contributed by atoms with Gasteiger partial charge in [0.25, 0.3) is 0 Å². The molecule has 0 radical (unpaired) electrons. The van der Waals surface area contributed by atoms with E-state index in [1.807, 2.05) is 35.8 Å². The molecular weight excluding hydrogens is 368 g/mol. The van der Waals surface area contributed by atoms with Crippen LogP contribution >= 0.6 is 27.7 Å². The van der Waals surface area contributed by atoms with E-state index in [9.17, 15) is 4.79 Å². The summed E-state index contributed by atoms with van der Waals surface area (Å²) in [6.07, 6.45) is 0. The lowest BCUT2D eigenvalue weighted by Gasteiger charge is -2.09. The predicted molar refractivity (Wildman–Crippen MR) is 90.2 cm³/mol. The molecule has 0 aliphatic rings. The number of carbonyl (C=O) groups excluding carboxylic acids is 1. The Kier molecular flexibility index (Phi) is 6.22. The van der Waals surface area contributed by atoms with E-state index in [0.717, 1.165) is 22.5 Å². The molecule has 0 saturated heterocycles. The van der Waals surface area contributed by atoms with Crippen LogP contribution in [0.3, 0.4) is 0 Å². The number of benzene rings is 1. The summed E-state index contributed by atoms with van der Waals surface area (Å²) >= 11 is 4.72. The zero-order chi connectivity index (χ0) is 15.9. The smallest absolute Gasteiger partial charge is 0.244 e. The highest BCUT2D eigenvalue weighted by Gasteiger charge is 2.12. The zero-order valence-corrected chi connectivity index (χ0v) is 14.4. The molecule has 2 rings (SSSR count). The van der Waals surface area contributed by atoms with Gasteiger partial charge in [-0.2, -0.15) is 0 Å². The standard InChI is InChI=1S/C13H17BrN6OS/c1-2-20-11(7-16-10-5-3-9(14)4-6-10)18-19-13(20)22-8-12(21)17-15/h3-6,16H,2,7-8,15H2,1H3,(H,17,21). The van der Waals surface area contributed by atoms with E-state index >= 15 is 0 Å². The van der Waals surface area contributed by atoms with E-state index in [0.29, 0.717) is 11.7 Å². The minimum absolute atomic E-state index is 0.217. The van der Waals surface area contributed by atoms with Crippen LogP contribution in [-0.4, -0.2) is 26.4 Å². The molecule has 22 heavy (non-hydrogen) atoms. The monoisotopic (exact) mass is 384 g/mol. The van der Waals surface area contributed by atoms with Crippen molar-refractivity contribution in [3.8, 4) is 0 Å². The molecule has 4 N–H and O–H groups in total. The molecule has 0 aliphatic carbocycles. The third kappa shape index (κ3) is 4.46. The van der Waals surface area contributed by atoms with Gasteiger partial charge < -0.3 is 9.88 Å². The van der Waals surface area contributed by atoms with Crippen LogP contribution in [-0.2, 0) is 17.9 Å². The summed E-state index contributed by atoms with van der Waals surface area (Å²) in [5, 5.41) is 12.3. The van der Waals surface area contributed by atoms with E-state index in [2.05, 4.69) is 36.9 Å². The van der Waals surface area contributed by atoms with Crippen molar-refractivity contribution in [1.29, 1.82) is 0 Å². The summed E-state index contributed by atoms with van der Waals surface area (Å²) in [5.41, 5.74) is 3.10. The number of nitrogens with two attached hydrogens (primary N) is 1. The van der Waals surface area contributed by atoms with Gasteiger partial charge in [-0.3, -0.25) is 10.2 Å². The summed E-state index contributed by atoms with van der Waals surface area (Å²) in [4.78, 5) is 11.2. The lowest BCUT2D eigenvalue weighted by Crippen LogP contribution is -2.31. The SMILES string of the molecule is CCn1c(CNc2ccc(Br)cc2)nnc1SCC(=O)NN. The molecule has 0 saturated carbocycles. The van der Waals surface area contributed by atoms with Gasteiger partial charge in [0.15, 0.2) is 11.0 Å². The fourth-order valence-electron chi connectivity index (χ4n) is 1.79. The van der Waals surface area contributed by atoms with Gasteiger partial charge >= 0.3 is 0 Å². The number of nitrogens with zero attached hydrogens (tertiary/aromatic N) is 3. The van der Waals surface area contributed by atoms with Crippen molar-refractivity contribution >= 4 is 39.3 Å². The van der Waals surface area contributed by atoms with Crippen LogP contribution in [0.5, 0.6) is 0 Å². The number of rotatable bonds is 7. The molecule has 1 heterocycles. The maximum absolute atomic E-state index is 11.2. The number of carbonyl (C=O) groups is 1. The fraction of sp³-hybridized carbons (Fsp3) is 0.308. The van der Waals surface area contributed by atoms with Gasteiger partial charge in [0.1, 0.15) is 0 Å². The normalized spacial score (nSPS) is 10.5. The molecule has 0 unspecified atom stereocenters. The van der Waals surface area contributed by atoms with Crippen molar-refractivity contribution < 1.29 is 4.79 Å². The van der Waals surface area contributed by atoms with Gasteiger partial charge in [-0.25, -0.2) is 5.84 Å². The second-order valence-corrected chi connectivity index (χ2v) is 6.22. The molecule has 1 aromatic heterocycles. The second kappa shape index (κ2) is 8.16. The first-order valence-electron chi connectivity index (χ1n) is 6.67. The summed E-state index contributed by atoms with van der Waals surface area (Å²) in [7, 11) is 0. The number of halogens is 1.